The quantitative estimate of drug-likeness (QED) is 0.673. The van der Waals surface area contributed by atoms with E-state index in [1.54, 1.807) is 18.2 Å². The van der Waals surface area contributed by atoms with E-state index in [1.165, 1.54) is 24.5 Å². The van der Waals surface area contributed by atoms with Crippen LogP contribution in [0.15, 0.2) is 59.2 Å². The number of aromatic nitrogens is 1. The number of benzene rings is 2. The van der Waals surface area contributed by atoms with Gasteiger partial charge >= 0.3 is 6.18 Å². The van der Waals surface area contributed by atoms with Crippen LogP contribution < -0.4 is 5.32 Å². The Balaban J connectivity index is 1.60. The molecule has 0 spiro atoms. The molecule has 0 aliphatic rings. The van der Waals surface area contributed by atoms with Crippen molar-refractivity contribution in [3.63, 3.8) is 0 Å². The lowest BCUT2D eigenvalue weighted by Gasteiger charge is -2.09. The zero-order valence-electron chi connectivity index (χ0n) is 13.0. The van der Waals surface area contributed by atoms with Crippen LogP contribution in [-0.4, -0.2) is 4.98 Å². The number of oxazole rings is 1. The largest absolute Gasteiger partial charge is 0.444 e. The molecule has 0 unspecified atom stereocenters. The van der Waals surface area contributed by atoms with Crippen LogP contribution in [0.4, 0.5) is 17.6 Å². The molecule has 3 nitrogen and oxygen atoms in total. The fraction of sp³-hybridized carbons (Fsp3) is 0.167. The highest BCUT2D eigenvalue weighted by Gasteiger charge is 2.30. The van der Waals surface area contributed by atoms with E-state index >= 15 is 0 Å². The summed E-state index contributed by atoms with van der Waals surface area (Å²) in [4.78, 5) is 4.23. The molecule has 7 heteroatoms. The Morgan fingerprint density at radius 2 is 1.80 bits per heavy atom. The van der Waals surface area contributed by atoms with Crippen LogP contribution in [0.5, 0.6) is 0 Å². The average molecular weight is 350 g/mol. The van der Waals surface area contributed by atoms with Gasteiger partial charge in [0, 0.05) is 18.7 Å². The van der Waals surface area contributed by atoms with Gasteiger partial charge in [-0.3, -0.25) is 0 Å². The molecule has 2 aromatic carbocycles. The number of rotatable bonds is 5. The first kappa shape index (κ1) is 17.2. The molecule has 1 N–H and O–H groups in total. The summed E-state index contributed by atoms with van der Waals surface area (Å²) in [5.41, 5.74) is 0.931. The van der Waals surface area contributed by atoms with E-state index in [-0.39, 0.29) is 18.3 Å². The van der Waals surface area contributed by atoms with Crippen molar-refractivity contribution in [1.82, 2.24) is 10.3 Å². The fourth-order valence-corrected chi connectivity index (χ4v) is 2.33. The van der Waals surface area contributed by atoms with Crippen LogP contribution in [0.2, 0.25) is 0 Å². The van der Waals surface area contributed by atoms with E-state index in [1.807, 2.05) is 0 Å². The van der Waals surface area contributed by atoms with Gasteiger partial charge in [-0.25, -0.2) is 9.37 Å². The van der Waals surface area contributed by atoms with Gasteiger partial charge in [-0.05, 0) is 29.8 Å². The van der Waals surface area contributed by atoms with Gasteiger partial charge in [0.15, 0.2) is 0 Å². The summed E-state index contributed by atoms with van der Waals surface area (Å²) in [6, 6.07) is 11.0. The molecular formula is C18H14F4N2O. The van der Waals surface area contributed by atoms with Gasteiger partial charge in [-0.2, -0.15) is 13.2 Å². The Kier molecular flexibility index (Phi) is 4.85. The molecule has 3 aromatic rings. The van der Waals surface area contributed by atoms with E-state index in [2.05, 4.69) is 10.3 Å². The highest BCUT2D eigenvalue weighted by Crippen LogP contribution is 2.29. The molecule has 0 amide bonds. The van der Waals surface area contributed by atoms with Crippen molar-refractivity contribution in [2.24, 2.45) is 0 Å². The Morgan fingerprint density at radius 1 is 1.00 bits per heavy atom. The molecule has 130 valence electrons. The summed E-state index contributed by atoms with van der Waals surface area (Å²) >= 11 is 0. The summed E-state index contributed by atoms with van der Waals surface area (Å²) < 4.78 is 56.5. The van der Waals surface area contributed by atoms with Gasteiger partial charge < -0.3 is 9.73 Å². The summed E-state index contributed by atoms with van der Waals surface area (Å²) in [6.07, 6.45) is -2.93. The predicted molar refractivity (Wildman–Crippen MR) is 83.9 cm³/mol. The maximum absolute atomic E-state index is 13.2. The Labute approximate surface area is 141 Å². The summed E-state index contributed by atoms with van der Waals surface area (Å²) in [7, 11) is 0. The SMILES string of the molecule is Fc1cccc(-c2nc(CNCc3cccc(C(F)(F)F)c3)co2)c1. The van der Waals surface area contributed by atoms with Gasteiger partial charge in [0.25, 0.3) is 0 Å². The van der Waals surface area contributed by atoms with E-state index in [0.29, 0.717) is 23.4 Å². The molecule has 0 aliphatic carbocycles. The van der Waals surface area contributed by atoms with Crippen molar-refractivity contribution in [1.29, 1.82) is 0 Å². The monoisotopic (exact) mass is 350 g/mol. The van der Waals surface area contributed by atoms with Crippen molar-refractivity contribution >= 4 is 0 Å². The van der Waals surface area contributed by atoms with Gasteiger partial charge in [-0.1, -0.05) is 24.3 Å². The lowest BCUT2D eigenvalue weighted by Crippen LogP contribution is -2.14. The predicted octanol–water partition coefficient (Wildman–Crippen LogP) is 4.79. The number of nitrogens with zero attached hydrogens (tertiary/aromatic N) is 1. The van der Waals surface area contributed by atoms with Crippen molar-refractivity contribution in [2.45, 2.75) is 19.3 Å². The topological polar surface area (TPSA) is 38.1 Å². The third-order valence-corrected chi connectivity index (χ3v) is 3.51. The van der Waals surface area contributed by atoms with Crippen LogP contribution >= 0.6 is 0 Å². The summed E-state index contributed by atoms with van der Waals surface area (Å²) in [5.74, 6) is -0.102. The third-order valence-electron chi connectivity index (χ3n) is 3.51. The second kappa shape index (κ2) is 7.06. The highest BCUT2D eigenvalue weighted by molar-refractivity contribution is 5.52. The Hall–Kier alpha value is -2.67. The van der Waals surface area contributed by atoms with E-state index in [0.717, 1.165) is 12.1 Å². The first-order valence-electron chi connectivity index (χ1n) is 7.49. The van der Waals surface area contributed by atoms with Crippen LogP contribution in [0, 0.1) is 5.82 Å². The second-order valence-electron chi connectivity index (χ2n) is 5.46. The first-order chi connectivity index (χ1) is 11.9. The molecule has 0 fully saturated rings. The summed E-state index contributed by atoms with van der Waals surface area (Å²) in [6.45, 7) is 0.571. The molecule has 0 saturated carbocycles. The van der Waals surface area contributed by atoms with Gasteiger partial charge in [0.2, 0.25) is 5.89 Å². The first-order valence-corrected chi connectivity index (χ1v) is 7.49. The molecule has 0 aliphatic heterocycles. The van der Waals surface area contributed by atoms with E-state index in [9.17, 15) is 17.6 Å². The third kappa shape index (κ3) is 4.45. The van der Waals surface area contributed by atoms with Crippen LogP contribution in [0.1, 0.15) is 16.8 Å². The van der Waals surface area contributed by atoms with Crippen LogP contribution in [0.25, 0.3) is 11.5 Å². The zero-order valence-corrected chi connectivity index (χ0v) is 13.0. The van der Waals surface area contributed by atoms with Gasteiger partial charge in [0.1, 0.15) is 12.1 Å². The van der Waals surface area contributed by atoms with Crippen LogP contribution in [-0.2, 0) is 19.3 Å². The maximum atomic E-state index is 13.2. The number of alkyl halides is 3. The molecular weight excluding hydrogens is 336 g/mol. The molecule has 1 heterocycles. The lowest BCUT2D eigenvalue weighted by atomic mass is 10.1. The smallest absolute Gasteiger partial charge is 0.416 e. The molecule has 0 atom stereocenters. The number of hydrogen-bond donors (Lipinski definition) is 1. The second-order valence-corrected chi connectivity index (χ2v) is 5.46. The number of nitrogens with one attached hydrogen (secondary N) is 1. The number of halogens is 4. The standard InChI is InChI=1S/C18H14F4N2O/c19-15-6-2-4-13(8-15)17-24-16(11-25-17)10-23-9-12-3-1-5-14(7-12)18(20,21)22/h1-8,11,23H,9-10H2. The fourth-order valence-electron chi connectivity index (χ4n) is 2.33. The Bertz CT molecular complexity index is 858. The van der Waals surface area contributed by atoms with Crippen molar-refractivity contribution in [2.75, 3.05) is 0 Å². The molecule has 0 saturated heterocycles. The van der Waals surface area contributed by atoms with Crippen LogP contribution in [0.3, 0.4) is 0 Å². The molecule has 1 aromatic heterocycles. The minimum atomic E-state index is -4.36. The van der Waals surface area contributed by atoms with Crippen molar-refractivity contribution in [3.05, 3.63) is 77.4 Å². The maximum Gasteiger partial charge on any atom is 0.416 e. The molecule has 0 radical (unpaired) electrons. The minimum Gasteiger partial charge on any atom is -0.444 e. The molecule has 25 heavy (non-hydrogen) atoms. The normalized spacial score (nSPS) is 11.7. The zero-order chi connectivity index (χ0) is 17.9. The van der Waals surface area contributed by atoms with Gasteiger partial charge in [-0.15, -0.1) is 0 Å². The summed E-state index contributed by atoms with van der Waals surface area (Å²) in [5, 5.41) is 3.01. The molecule has 3 rings (SSSR count). The van der Waals surface area contributed by atoms with E-state index in [4.69, 9.17) is 4.42 Å². The Morgan fingerprint density at radius 3 is 2.56 bits per heavy atom. The highest BCUT2D eigenvalue weighted by atomic mass is 19.4. The van der Waals surface area contributed by atoms with E-state index < -0.39 is 11.7 Å². The van der Waals surface area contributed by atoms with Crippen molar-refractivity contribution < 1.29 is 22.0 Å². The van der Waals surface area contributed by atoms with Crippen molar-refractivity contribution in [3.8, 4) is 11.5 Å². The van der Waals surface area contributed by atoms with Gasteiger partial charge in [0.05, 0.1) is 11.3 Å². The molecule has 0 bridgehead atoms. The lowest BCUT2D eigenvalue weighted by molar-refractivity contribution is -0.137. The number of hydrogen-bond acceptors (Lipinski definition) is 3. The average Bonchev–Trinajstić information content (AvgIpc) is 3.03. The minimum absolute atomic E-state index is 0.256.